The molecule has 0 radical (unpaired) electrons. The van der Waals surface area contributed by atoms with Crippen LogP contribution in [0.4, 0.5) is 0 Å². The van der Waals surface area contributed by atoms with Crippen LogP contribution in [0.2, 0.25) is 5.02 Å². The van der Waals surface area contributed by atoms with E-state index in [4.69, 9.17) is 11.6 Å². The number of carbonyl (C=O) groups is 2. The molecule has 0 aromatic heterocycles. The van der Waals surface area contributed by atoms with Gasteiger partial charge in [-0.05, 0) is 18.9 Å². The molecule has 2 saturated heterocycles. The molecule has 2 aliphatic rings. The maximum atomic E-state index is 12.2. The zero-order chi connectivity index (χ0) is 15.5. The van der Waals surface area contributed by atoms with Crippen LogP contribution in [0.5, 0.6) is 0 Å². The Morgan fingerprint density at radius 1 is 1.27 bits per heavy atom. The lowest BCUT2D eigenvalue weighted by molar-refractivity contribution is -0.132. The van der Waals surface area contributed by atoms with Crippen molar-refractivity contribution >= 4 is 35.2 Å². The lowest BCUT2D eigenvalue weighted by Crippen LogP contribution is -2.34. The van der Waals surface area contributed by atoms with Gasteiger partial charge in [0.1, 0.15) is 5.37 Å². The fourth-order valence-corrected chi connectivity index (χ4v) is 4.53. The zero-order valence-corrected chi connectivity index (χ0v) is 13.9. The number of nitrogens with zero attached hydrogens (tertiary/aromatic N) is 2. The normalized spacial score (nSPS) is 21.7. The van der Waals surface area contributed by atoms with Crippen molar-refractivity contribution in [3.63, 3.8) is 0 Å². The largest absolute Gasteiger partial charge is 0.343 e. The van der Waals surface area contributed by atoms with Crippen LogP contribution < -0.4 is 0 Å². The molecule has 0 N–H and O–H groups in total. The van der Waals surface area contributed by atoms with Crippen LogP contribution in [0.15, 0.2) is 24.3 Å². The molecule has 118 valence electrons. The summed E-state index contributed by atoms with van der Waals surface area (Å²) in [6, 6.07) is 7.61. The van der Waals surface area contributed by atoms with Gasteiger partial charge in [0.2, 0.25) is 11.8 Å². The lowest BCUT2D eigenvalue weighted by atomic mass is 10.2. The molecule has 0 aliphatic carbocycles. The van der Waals surface area contributed by atoms with E-state index in [1.165, 1.54) is 0 Å². The summed E-state index contributed by atoms with van der Waals surface area (Å²) >= 11 is 7.83. The van der Waals surface area contributed by atoms with E-state index in [-0.39, 0.29) is 17.2 Å². The average molecular weight is 339 g/mol. The molecule has 2 amide bonds. The van der Waals surface area contributed by atoms with E-state index in [1.54, 1.807) is 16.7 Å². The highest BCUT2D eigenvalue weighted by Gasteiger charge is 2.34. The van der Waals surface area contributed by atoms with Gasteiger partial charge < -0.3 is 9.80 Å². The molecule has 22 heavy (non-hydrogen) atoms. The number of halogens is 1. The van der Waals surface area contributed by atoms with Gasteiger partial charge in [0.25, 0.3) is 0 Å². The van der Waals surface area contributed by atoms with Gasteiger partial charge in [0.15, 0.2) is 0 Å². The third kappa shape index (κ3) is 3.25. The second kappa shape index (κ2) is 6.92. The van der Waals surface area contributed by atoms with Crippen molar-refractivity contribution in [2.75, 3.05) is 25.4 Å². The fraction of sp³-hybridized carbons (Fsp3) is 0.500. The van der Waals surface area contributed by atoms with Crippen LogP contribution in [-0.4, -0.2) is 47.0 Å². The maximum Gasteiger partial charge on any atom is 0.233 e. The highest BCUT2D eigenvalue weighted by atomic mass is 35.5. The van der Waals surface area contributed by atoms with Crippen molar-refractivity contribution in [3.05, 3.63) is 34.9 Å². The minimum atomic E-state index is -0.0763. The number of thioether (sulfide) groups is 1. The lowest BCUT2D eigenvalue weighted by Gasteiger charge is -2.25. The van der Waals surface area contributed by atoms with Crippen molar-refractivity contribution in [3.8, 4) is 0 Å². The smallest absolute Gasteiger partial charge is 0.233 e. The van der Waals surface area contributed by atoms with Gasteiger partial charge in [-0.25, -0.2) is 0 Å². The van der Waals surface area contributed by atoms with E-state index in [2.05, 4.69) is 0 Å². The molecule has 4 nitrogen and oxygen atoms in total. The predicted octanol–water partition coefficient (Wildman–Crippen LogP) is 2.93. The highest BCUT2D eigenvalue weighted by Crippen LogP contribution is 2.41. The Balaban J connectivity index is 1.66. The third-order valence-electron chi connectivity index (χ3n) is 4.16. The van der Waals surface area contributed by atoms with E-state index in [0.29, 0.717) is 23.7 Å². The quantitative estimate of drug-likeness (QED) is 0.847. The van der Waals surface area contributed by atoms with E-state index < -0.39 is 0 Å². The summed E-state index contributed by atoms with van der Waals surface area (Å²) < 4.78 is 0. The summed E-state index contributed by atoms with van der Waals surface area (Å²) in [5.74, 6) is 0.692. The summed E-state index contributed by atoms with van der Waals surface area (Å²) in [5, 5.41) is 0.596. The fourth-order valence-electron chi connectivity index (χ4n) is 2.97. The Morgan fingerprint density at radius 3 is 2.73 bits per heavy atom. The molecule has 0 spiro atoms. The Kier molecular flexibility index (Phi) is 4.93. The first-order chi connectivity index (χ1) is 10.7. The molecule has 0 unspecified atom stereocenters. The van der Waals surface area contributed by atoms with Gasteiger partial charge in [-0.3, -0.25) is 9.59 Å². The molecular weight excluding hydrogens is 320 g/mol. The van der Waals surface area contributed by atoms with Gasteiger partial charge in [-0.1, -0.05) is 29.8 Å². The SMILES string of the molecule is O=C(CCN1C(=O)CS[C@@H]1c1ccccc1Cl)N1CCCC1. The van der Waals surface area contributed by atoms with Crippen molar-refractivity contribution < 1.29 is 9.59 Å². The topological polar surface area (TPSA) is 40.6 Å². The van der Waals surface area contributed by atoms with E-state index in [0.717, 1.165) is 31.5 Å². The average Bonchev–Trinajstić information content (AvgIpc) is 3.16. The van der Waals surface area contributed by atoms with E-state index >= 15 is 0 Å². The van der Waals surface area contributed by atoms with Gasteiger partial charge >= 0.3 is 0 Å². The number of carbonyl (C=O) groups excluding carboxylic acids is 2. The second-order valence-electron chi connectivity index (χ2n) is 5.61. The summed E-state index contributed by atoms with van der Waals surface area (Å²) in [5.41, 5.74) is 0.952. The van der Waals surface area contributed by atoms with Gasteiger partial charge in [0.05, 0.1) is 5.75 Å². The molecule has 2 fully saturated rings. The number of rotatable bonds is 4. The molecule has 1 atom stereocenters. The third-order valence-corrected chi connectivity index (χ3v) is 5.75. The Morgan fingerprint density at radius 2 is 2.00 bits per heavy atom. The van der Waals surface area contributed by atoms with E-state index in [1.807, 2.05) is 29.2 Å². The van der Waals surface area contributed by atoms with Gasteiger partial charge in [0, 0.05) is 36.6 Å². The number of amides is 2. The number of hydrogen-bond acceptors (Lipinski definition) is 3. The second-order valence-corrected chi connectivity index (χ2v) is 7.09. The van der Waals surface area contributed by atoms with Crippen molar-refractivity contribution in [1.82, 2.24) is 9.80 Å². The Hall–Kier alpha value is -1.20. The molecule has 0 saturated carbocycles. The van der Waals surface area contributed by atoms with Crippen LogP contribution in [0.1, 0.15) is 30.2 Å². The number of hydrogen-bond donors (Lipinski definition) is 0. The summed E-state index contributed by atoms with van der Waals surface area (Å²) in [7, 11) is 0. The zero-order valence-electron chi connectivity index (χ0n) is 12.3. The highest BCUT2D eigenvalue weighted by molar-refractivity contribution is 8.00. The molecule has 3 rings (SSSR count). The molecule has 6 heteroatoms. The van der Waals surface area contributed by atoms with Crippen LogP contribution in [0.25, 0.3) is 0 Å². The maximum absolute atomic E-state index is 12.2. The standard InChI is InChI=1S/C16H19ClN2O2S/c17-13-6-2-1-5-12(13)16-19(15(21)11-22-16)10-7-14(20)18-8-3-4-9-18/h1-2,5-6,16H,3-4,7-11H2/t16-/m1/s1. The molecule has 0 bridgehead atoms. The van der Waals surface area contributed by atoms with Crippen molar-refractivity contribution in [2.45, 2.75) is 24.6 Å². The Labute approximate surface area is 139 Å². The van der Waals surface area contributed by atoms with Crippen LogP contribution >= 0.6 is 23.4 Å². The summed E-state index contributed by atoms with van der Waals surface area (Å²) in [6.45, 7) is 2.18. The van der Waals surface area contributed by atoms with Crippen LogP contribution in [0, 0.1) is 0 Å². The van der Waals surface area contributed by atoms with E-state index in [9.17, 15) is 9.59 Å². The summed E-state index contributed by atoms with van der Waals surface area (Å²) in [6.07, 6.45) is 2.58. The van der Waals surface area contributed by atoms with Crippen molar-refractivity contribution in [1.29, 1.82) is 0 Å². The minimum Gasteiger partial charge on any atom is -0.343 e. The first kappa shape index (κ1) is 15.7. The minimum absolute atomic E-state index is 0.0763. The predicted molar refractivity (Wildman–Crippen MR) is 88.8 cm³/mol. The van der Waals surface area contributed by atoms with Crippen LogP contribution in [0.3, 0.4) is 0 Å². The first-order valence-electron chi connectivity index (χ1n) is 7.60. The number of benzene rings is 1. The number of likely N-dealkylation sites (tertiary alicyclic amines) is 1. The molecule has 1 aromatic rings. The van der Waals surface area contributed by atoms with Gasteiger partial charge in [-0.2, -0.15) is 0 Å². The Bertz CT molecular complexity index is 575. The molecule has 2 heterocycles. The molecule has 1 aromatic carbocycles. The molecular formula is C16H19ClN2O2S. The van der Waals surface area contributed by atoms with Crippen LogP contribution in [-0.2, 0) is 9.59 Å². The summed E-state index contributed by atoms with van der Waals surface area (Å²) in [4.78, 5) is 28.0. The monoisotopic (exact) mass is 338 g/mol. The van der Waals surface area contributed by atoms with Gasteiger partial charge in [-0.15, -0.1) is 11.8 Å². The molecule has 2 aliphatic heterocycles. The first-order valence-corrected chi connectivity index (χ1v) is 9.03. The van der Waals surface area contributed by atoms with Crippen molar-refractivity contribution in [2.24, 2.45) is 0 Å².